The van der Waals surface area contributed by atoms with E-state index in [0.29, 0.717) is 5.75 Å². The summed E-state index contributed by atoms with van der Waals surface area (Å²) in [6.45, 7) is 0. The Kier molecular flexibility index (Phi) is 4.44. The second-order valence-electron chi connectivity index (χ2n) is 3.99. The average Bonchev–Trinajstić information content (AvgIpc) is 2.87. The van der Waals surface area contributed by atoms with Gasteiger partial charge in [-0.15, -0.1) is 12.4 Å². The first-order valence-corrected chi connectivity index (χ1v) is 5.70. The predicted molar refractivity (Wildman–Crippen MR) is 67.3 cm³/mol. The zero-order valence-corrected chi connectivity index (χ0v) is 10.7. The molecule has 4 heteroatoms. The summed E-state index contributed by atoms with van der Waals surface area (Å²) in [6.07, 6.45) is 3.59. The molecule has 0 bridgehead atoms. The first kappa shape index (κ1) is 12.8. The molecule has 1 aliphatic rings. The van der Waals surface area contributed by atoms with Gasteiger partial charge in [0.05, 0.1) is 0 Å². The van der Waals surface area contributed by atoms with Gasteiger partial charge in [-0.05, 0) is 24.5 Å². The van der Waals surface area contributed by atoms with Crippen molar-refractivity contribution in [3.63, 3.8) is 0 Å². The number of phenols is 1. The van der Waals surface area contributed by atoms with Crippen LogP contribution in [0.15, 0.2) is 22.7 Å². The average molecular weight is 293 g/mol. The first-order valence-electron chi connectivity index (χ1n) is 4.91. The van der Waals surface area contributed by atoms with Gasteiger partial charge in [-0.3, -0.25) is 0 Å². The van der Waals surface area contributed by atoms with E-state index in [1.165, 1.54) is 12.8 Å². The molecule has 0 unspecified atom stereocenters. The highest BCUT2D eigenvalue weighted by molar-refractivity contribution is 9.10. The Labute approximate surface area is 104 Å². The third-order valence-corrected chi connectivity index (χ3v) is 3.17. The zero-order chi connectivity index (χ0) is 10.1. The molecule has 3 N–H and O–H groups in total. The standard InChI is InChI=1S/C11H14BrNO.ClH/c12-8-3-4-9(11(14)6-8)10(13)5-7-1-2-7;/h3-4,6-7,10,14H,1-2,5,13H2;1H/t10-;/m1./s1. The van der Waals surface area contributed by atoms with Crippen LogP contribution in [0.3, 0.4) is 0 Å². The fraction of sp³-hybridized carbons (Fsp3) is 0.455. The fourth-order valence-electron chi connectivity index (χ4n) is 1.67. The normalized spacial score (nSPS) is 16.9. The minimum Gasteiger partial charge on any atom is -0.508 e. The SMILES string of the molecule is Cl.N[C@H](CC1CC1)c1ccc(Br)cc1O. The molecule has 1 fully saturated rings. The maximum atomic E-state index is 9.69. The summed E-state index contributed by atoms with van der Waals surface area (Å²) in [5.74, 6) is 1.08. The lowest BCUT2D eigenvalue weighted by Crippen LogP contribution is -2.11. The molecular formula is C11H15BrClNO. The number of nitrogens with two attached hydrogens (primary N) is 1. The van der Waals surface area contributed by atoms with E-state index in [1.807, 2.05) is 12.1 Å². The highest BCUT2D eigenvalue weighted by atomic mass is 79.9. The Bertz CT molecular complexity index is 341. The molecule has 1 aromatic carbocycles. The molecule has 0 aliphatic heterocycles. The summed E-state index contributed by atoms with van der Waals surface area (Å²) in [5, 5.41) is 9.69. The summed E-state index contributed by atoms with van der Waals surface area (Å²) in [4.78, 5) is 0. The van der Waals surface area contributed by atoms with Crippen molar-refractivity contribution in [2.45, 2.75) is 25.3 Å². The van der Waals surface area contributed by atoms with Crippen LogP contribution in [0.1, 0.15) is 30.9 Å². The van der Waals surface area contributed by atoms with Crippen molar-refractivity contribution in [1.29, 1.82) is 0 Å². The molecule has 1 aliphatic carbocycles. The zero-order valence-electron chi connectivity index (χ0n) is 8.32. The van der Waals surface area contributed by atoms with Crippen molar-refractivity contribution >= 4 is 28.3 Å². The van der Waals surface area contributed by atoms with E-state index in [0.717, 1.165) is 22.4 Å². The van der Waals surface area contributed by atoms with Gasteiger partial charge >= 0.3 is 0 Å². The molecule has 0 heterocycles. The van der Waals surface area contributed by atoms with E-state index in [2.05, 4.69) is 15.9 Å². The van der Waals surface area contributed by atoms with Crippen LogP contribution in [0.25, 0.3) is 0 Å². The quantitative estimate of drug-likeness (QED) is 0.897. The Morgan fingerprint density at radius 3 is 2.67 bits per heavy atom. The van der Waals surface area contributed by atoms with Crippen LogP contribution in [-0.4, -0.2) is 5.11 Å². The van der Waals surface area contributed by atoms with Crippen molar-refractivity contribution in [3.8, 4) is 5.75 Å². The van der Waals surface area contributed by atoms with Crippen LogP contribution < -0.4 is 5.73 Å². The van der Waals surface area contributed by atoms with Gasteiger partial charge in [0, 0.05) is 16.1 Å². The molecule has 1 atom stereocenters. The molecule has 84 valence electrons. The van der Waals surface area contributed by atoms with Gasteiger partial charge in [0.15, 0.2) is 0 Å². The fourth-order valence-corrected chi connectivity index (χ4v) is 2.02. The van der Waals surface area contributed by atoms with E-state index in [4.69, 9.17) is 5.73 Å². The van der Waals surface area contributed by atoms with Gasteiger partial charge < -0.3 is 10.8 Å². The Hall–Kier alpha value is -0.250. The summed E-state index contributed by atoms with van der Waals surface area (Å²) in [5.41, 5.74) is 6.87. The minimum absolute atomic E-state index is 0. The Morgan fingerprint density at radius 1 is 1.47 bits per heavy atom. The van der Waals surface area contributed by atoms with Crippen LogP contribution in [0.4, 0.5) is 0 Å². The second-order valence-corrected chi connectivity index (χ2v) is 4.90. The van der Waals surface area contributed by atoms with Gasteiger partial charge in [-0.25, -0.2) is 0 Å². The van der Waals surface area contributed by atoms with E-state index in [1.54, 1.807) is 6.07 Å². The molecule has 0 spiro atoms. The number of hydrogen-bond acceptors (Lipinski definition) is 2. The lowest BCUT2D eigenvalue weighted by atomic mass is 10.0. The molecule has 2 rings (SSSR count). The summed E-state index contributed by atoms with van der Waals surface area (Å²) >= 11 is 3.31. The van der Waals surface area contributed by atoms with Crippen molar-refractivity contribution in [3.05, 3.63) is 28.2 Å². The minimum atomic E-state index is -0.0180. The monoisotopic (exact) mass is 291 g/mol. The van der Waals surface area contributed by atoms with Crippen molar-refractivity contribution < 1.29 is 5.11 Å². The summed E-state index contributed by atoms with van der Waals surface area (Å²) < 4.78 is 0.886. The van der Waals surface area contributed by atoms with E-state index >= 15 is 0 Å². The highest BCUT2D eigenvalue weighted by Gasteiger charge is 2.25. The van der Waals surface area contributed by atoms with Crippen LogP contribution in [0, 0.1) is 5.92 Å². The number of rotatable bonds is 3. The van der Waals surface area contributed by atoms with Gasteiger partial charge in [0.2, 0.25) is 0 Å². The number of benzene rings is 1. The third kappa shape index (κ3) is 3.37. The van der Waals surface area contributed by atoms with Gasteiger partial charge in [0.1, 0.15) is 5.75 Å². The molecule has 2 nitrogen and oxygen atoms in total. The van der Waals surface area contributed by atoms with Crippen LogP contribution >= 0.6 is 28.3 Å². The van der Waals surface area contributed by atoms with Crippen LogP contribution in [-0.2, 0) is 0 Å². The summed E-state index contributed by atoms with van der Waals surface area (Å²) in [7, 11) is 0. The maximum Gasteiger partial charge on any atom is 0.121 e. The van der Waals surface area contributed by atoms with Crippen molar-refractivity contribution in [2.24, 2.45) is 11.7 Å². The predicted octanol–water partition coefficient (Wildman–Crippen LogP) is 3.38. The van der Waals surface area contributed by atoms with Crippen LogP contribution in [0.2, 0.25) is 0 Å². The lowest BCUT2D eigenvalue weighted by Gasteiger charge is -2.13. The van der Waals surface area contributed by atoms with Gasteiger partial charge in [-0.1, -0.05) is 34.8 Å². The molecule has 0 radical (unpaired) electrons. The van der Waals surface area contributed by atoms with E-state index < -0.39 is 0 Å². The molecule has 0 amide bonds. The number of halogens is 2. The molecule has 0 saturated heterocycles. The van der Waals surface area contributed by atoms with Gasteiger partial charge in [-0.2, -0.15) is 0 Å². The maximum absolute atomic E-state index is 9.69. The van der Waals surface area contributed by atoms with E-state index in [9.17, 15) is 5.11 Å². The largest absolute Gasteiger partial charge is 0.508 e. The van der Waals surface area contributed by atoms with Gasteiger partial charge in [0.25, 0.3) is 0 Å². The second kappa shape index (κ2) is 5.19. The van der Waals surface area contributed by atoms with Crippen LogP contribution in [0.5, 0.6) is 5.75 Å². The smallest absolute Gasteiger partial charge is 0.121 e. The Balaban J connectivity index is 0.00000112. The topological polar surface area (TPSA) is 46.2 Å². The number of aromatic hydroxyl groups is 1. The molecular weight excluding hydrogens is 277 g/mol. The van der Waals surface area contributed by atoms with Crippen molar-refractivity contribution in [1.82, 2.24) is 0 Å². The first-order chi connectivity index (χ1) is 6.66. The Morgan fingerprint density at radius 2 is 2.13 bits per heavy atom. The molecule has 0 aromatic heterocycles. The number of phenolic OH excluding ortho intramolecular Hbond substituents is 1. The lowest BCUT2D eigenvalue weighted by molar-refractivity contribution is 0.455. The van der Waals surface area contributed by atoms with Crippen molar-refractivity contribution in [2.75, 3.05) is 0 Å². The third-order valence-electron chi connectivity index (χ3n) is 2.68. The highest BCUT2D eigenvalue weighted by Crippen LogP contribution is 2.38. The molecule has 15 heavy (non-hydrogen) atoms. The van der Waals surface area contributed by atoms with E-state index in [-0.39, 0.29) is 18.4 Å². The molecule has 1 aromatic rings. The number of hydrogen-bond donors (Lipinski definition) is 2. The molecule has 1 saturated carbocycles. The summed E-state index contributed by atoms with van der Waals surface area (Å²) in [6, 6.07) is 5.49.